The predicted molar refractivity (Wildman–Crippen MR) is 49.4 cm³/mol. The van der Waals surface area contributed by atoms with Crippen molar-refractivity contribution >= 4 is 0 Å². The van der Waals surface area contributed by atoms with Crippen molar-refractivity contribution in [3.63, 3.8) is 0 Å². The topological polar surface area (TPSA) is 26.0 Å². The van der Waals surface area contributed by atoms with E-state index in [0.29, 0.717) is 11.5 Å². The maximum atomic E-state index is 5.71. The molecule has 0 aliphatic heterocycles. The molecule has 0 atom stereocenters. The van der Waals surface area contributed by atoms with E-state index in [1.165, 1.54) is 25.7 Å². The van der Waals surface area contributed by atoms with Crippen molar-refractivity contribution in [2.75, 3.05) is 0 Å². The lowest BCUT2D eigenvalue weighted by atomic mass is 9.75. The molecule has 1 aliphatic rings. The fraction of sp³-hybridized carbons (Fsp3) is 1.00. The minimum atomic E-state index is 0.514. The molecule has 0 saturated heterocycles. The highest BCUT2D eigenvalue weighted by Gasteiger charge is 2.26. The highest BCUT2D eigenvalue weighted by molar-refractivity contribution is 4.82. The summed E-state index contributed by atoms with van der Waals surface area (Å²) >= 11 is 0. The molecule has 1 heteroatoms. The average molecular weight is 155 g/mol. The Balaban J connectivity index is 2.05. The van der Waals surface area contributed by atoms with Crippen molar-refractivity contribution < 1.29 is 0 Å². The first-order chi connectivity index (χ1) is 4.97. The number of nitrogens with two attached hydrogens (primary N) is 1. The van der Waals surface area contributed by atoms with Gasteiger partial charge in [-0.2, -0.15) is 0 Å². The summed E-state index contributed by atoms with van der Waals surface area (Å²) in [6, 6.07) is 0.528. The molecule has 1 rings (SSSR count). The molecular weight excluding hydrogens is 134 g/mol. The van der Waals surface area contributed by atoms with E-state index in [4.69, 9.17) is 5.73 Å². The van der Waals surface area contributed by atoms with E-state index in [2.05, 4.69) is 20.8 Å². The van der Waals surface area contributed by atoms with Crippen LogP contribution < -0.4 is 5.73 Å². The first-order valence-electron chi connectivity index (χ1n) is 4.73. The molecule has 0 bridgehead atoms. The third-order valence-corrected chi connectivity index (χ3v) is 2.57. The average Bonchev–Trinajstić information content (AvgIpc) is 1.75. The molecule has 1 saturated carbocycles. The zero-order valence-electron chi connectivity index (χ0n) is 8.06. The highest BCUT2D eigenvalue weighted by Crippen LogP contribution is 2.33. The van der Waals surface area contributed by atoms with E-state index in [0.717, 1.165) is 5.92 Å². The van der Waals surface area contributed by atoms with Crippen LogP contribution in [-0.2, 0) is 0 Å². The van der Waals surface area contributed by atoms with Crippen LogP contribution in [0.2, 0.25) is 0 Å². The molecule has 1 aliphatic carbocycles. The van der Waals surface area contributed by atoms with Crippen molar-refractivity contribution in [1.82, 2.24) is 0 Å². The first-order valence-corrected chi connectivity index (χ1v) is 4.73. The molecule has 0 aromatic heterocycles. The van der Waals surface area contributed by atoms with Crippen molar-refractivity contribution in [3.05, 3.63) is 0 Å². The van der Waals surface area contributed by atoms with Gasteiger partial charge >= 0.3 is 0 Å². The molecule has 1 fully saturated rings. The van der Waals surface area contributed by atoms with E-state index in [1.807, 2.05) is 0 Å². The Labute approximate surface area is 70.4 Å². The Morgan fingerprint density at radius 1 is 1.27 bits per heavy atom. The molecule has 0 radical (unpaired) electrons. The van der Waals surface area contributed by atoms with Gasteiger partial charge in [0.15, 0.2) is 0 Å². The van der Waals surface area contributed by atoms with Gasteiger partial charge in [-0.3, -0.25) is 0 Å². The molecule has 66 valence electrons. The van der Waals surface area contributed by atoms with Crippen LogP contribution in [0, 0.1) is 11.3 Å². The second-order valence-electron chi connectivity index (χ2n) is 5.20. The van der Waals surface area contributed by atoms with Crippen LogP contribution in [0.15, 0.2) is 0 Å². The lowest BCUT2D eigenvalue weighted by Gasteiger charge is -2.34. The minimum absolute atomic E-state index is 0.514. The standard InChI is InChI=1S/C10H21N/c1-10(2,3)5-4-8-6-9(11)7-8/h8-9H,4-7,11H2,1-3H3/t8-,9-. The second-order valence-corrected chi connectivity index (χ2v) is 5.20. The van der Waals surface area contributed by atoms with Crippen LogP contribution in [0.1, 0.15) is 46.5 Å². The maximum Gasteiger partial charge on any atom is 0.00441 e. The van der Waals surface area contributed by atoms with Crippen LogP contribution in [-0.4, -0.2) is 6.04 Å². The summed E-state index contributed by atoms with van der Waals surface area (Å²) in [5.41, 5.74) is 6.22. The van der Waals surface area contributed by atoms with E-state index < -0.39 is 0 Å². The van der Waals surface area contributed by atoms with Gasteiger partial charge in [0, 0.05) is 6.04 Å². The van der Waals surface area contributed by atoms with Crippen molar-refractivity contribution in [2.45, 2.75) is 52.5 Å². The van der Waals surface area contributed by atoms with Gasteiger partial charge in [-0.25, -0.2) is 0 Å². The van der Waals surface area contributed by atoms with Gasteiger partial charge < -0.3 is 5.73 Å². The van der Waals surface area contributed by atoms with Gasteiger partial charge in [-0.05, 0) is 37.0 Å². The summed E-state index contributed by atoms with van der Waals surface area (Å²) in [4.78, 5) is 0. The summed E-state index contributed by atoms with van der Waals surface area (Å²) in [6.45, 7) is 6.93. The van der Waals surface area contributed by atoms with Crippen LogP contribution >= 0.6 is 0 Å². The van der Waals surface area contributed by atoms with Gasteiger partial charge in [-0.15, -0.1) is 0 Å². The predicted octanol–water partition coefficient (Wildman–Crippen LogP) is 2.55. The zero-order valence-corrected chi connectivity index (χ0v) is 8.06. The Bertz CT molecular complexity index is 117. The largest absolute Gasteiger partial charge is 0.328 e. The molecule has 0 heterocycles. The summed E-state index contributed by atoms with van der Waals surface area (Å²) in [5, 5.41) is 0. The molecular formula is C10H21N. The summed E-state index contributed by atoms with van der Waals surface area (Å²) in [5.74, 6) is 0.948. The summed E-state index contributed by atoms with van der Waals surface area (Å²) in [6.07, 6.45) is 5.29. The number of rotatable bonds is 2. The van der Waals surface area contributed by atoms with Crippen molar-refractivity contribution in [2.24, 2.45) is 17.1 Å². The smallest absolute Gasteiger partial charge is 0.00441 e. The SMILES string of the molecule is CC(C)(C)CC[C@H]1C[C@H](N)C1. The molecule has 2 N–H and O–H groups in total. The number of hydrogen-bond donors (Lipinski definition) is 1. The highest BCUT2D eigenvalue weighted by atomic mass is 14.7. The Kier molecular flexibility index (Phi) is 2.58. The zero-order chi connectivity index (χ0) is 8.48. The first kappa shape index (κ1) is 9.05. The van der Waals surface area contributed by atoms with Gasteiger partial charge in [-0.1, -0.05) is 20.8 Å². The van der Waals surface area contributed by atoms with Crippen molar-refractivity contribution in [1.29, 1.82) is 0 Å². The van der Waals surface area contributed by atoms with Gasteiger partial charge in [0.1, 0.15) is 0 Å². The summed E-state index contributed by atoms with van der Waals surface area (Å²) in [7, 11) is 0. The monoisotopic (exact) mass is 155 g/mol. The third-order valence-electron chi connectivity index (χ3n) is 2.57. The fourth-order valence-corrected chi connectivity index (χ4v) is 1.66. The van der Waals surface area contributed by atoms with E-state index in [1.54, 1.807) is 0 Å². The van der Waals surface area contributed by atoms with Crippen LogP contribution in [0.3, 0.4) is 0 Å². The Hall–Kier alpha value is -0.0400. The molecule has 0 unspecified atom stereocenters. The maximum absolute atomic E-state index is 5.71. The molecule has 0 aromatic carbocycles. The summed E-state index contributed by atoms with van der Waals surface area (Å²) < 4.78 is 0. The normalized spacial score (nSPS) is 31.6. The van der Waals surface area contributed by atoms with Crippen LogP contribution in [0.25, 0.3) is 0 Å². The second kappa shape index (κ2) is 3.14. The third kappa shape index (κ3) is 3.24. The van der Waals surface area contributed by atoms with Gasteiger partial charge in [0.25, 0.3) is 0 Å². The Morgan fingerprint density at radius 2 is 1.82 bits per heavy atom. The minimum Gasteiger partial charge on any atom is -0.328 e. The lowest BCUT2D eigenvalue weighted by Crippen LogP contribution is -2.36. The number of hydrogen-bond acceptors (Lipinski definition) is 1. The van der Waals surface area contributed by atoms with E-state index >= 15 is 0 Å². The van der Waals surface area contributed by atoms with Gasteiger partial charge in [0.2, 0.25) is 0 Å². The molecule has 0 amide bonds. The van der Waals surface area contributed by atoms with E-state index in [-0.39, 0.29) is 0 Å². The molecule has 0 spiro atoms. The lowest BCUT2D eigenvalue weighted by molar-refractivity contribution is 0.214. The molecule has 0 aromatic rings. The van der Waals surface area contributed by atoms with Gasteiger partial charge in [0.05, 0.1) is 0 Å². The molecule has 1 nitrogen and oxygen atoms in total. The molecule has 11 heavy (non-hydrogen) atoms. The van der Waals surface area contributed by atoms with E-state index in [9.17, 15) is 0 Å². The fourth-order valence-electron chi connectivity index (χ4n) is 1.66. The quantitative estimate of drug-likeness (QED) is 0.651. The van der Waals surface area contributed by atoms with Crippen molar-refractivity contribution in [3.8, 4) is 0 Å². The van der Waals surface area contributed by atoms with Crippen LogP contribution in [0.4, 0.5) is 0 Å². The van der Waals surface area contributed by atoms with Crippen LogP contribution in [0.5, 0.6) is 0 Å². The Morgan fingerprint density at radius 3 is 2.18 bits per heavy atom.